The summed E-state index contributed by atoms with van der Waals surface area (Å²) in [6.07, 6.45) is 5.31. The average Bonchev–Trinajstić information content (AvgIpc) is 2.35. The molecule has 0 saturated heterocycles. The summed E-state index contributed by atoms with van der Waals surface area (Å²) in [7, 11) is 0. The fraction of sp³-hybridized carbons (Fsp3) is 0.286. The zero-order valence-corrected chi connectivity index (χ0v) is 9.81. The number of carboxylic acids is 1. The number of hydrogen-bond donors (Lipinski definition) is 2. The summed E-state index contributed by atoms with van der Waals surface area (Å²) in [5, 5.41) is 27.3. The third-order valence-corrected chi connectivity index (χ3v) is 3.14. The fourth-order valence-electron chi connectivity index (χ4n) is 2.20. The Kier molecular flexibility index (Phi) is 3.33. The first-order valence-corrected chi connectivity index (χ1v) is 5.81. The molecule has 0 radical (unpaired) electrons. The van der Waals surface area contributed by atoms with Gasteiger partial charge < -0.3 is 10.2 Å². The maximum atomic E-state index is 10.8. The Bertz CT molecular complexity index is 567. The Morgan fingerprint density at radius 1 is 1.28 bits per heavy atom. The number of aliphatic carboxylic acids is 1. The van der Waals surface area contributed by atoms with Gasteiger partial charge in [-0.3, -0.25) is 0 Å². The van der Waals surface area contributed by atoms with E-state index in [0.717, 1.165) is 36.8 Å². The number of phenolic OH excluding ortho intramolecular Hbond substituents is 1. The average molecular weight is 243 g/mol. The standard InChI is InChI=1S/C14H13NO3/c15-8-12(14(17)18)6-11-5-9-3-1-2-4-10(9)7-13(11)16/h5-7,16H,1-4H2,(H,17,18)/b12-6-. The van der Waals surface area contributed by atoms with Gasteiger partial charge >= 0.3 is 5.97 Å². The van der Waals surface area contributed by atoms with Crippen molar-refractivity contribution in [1.29, 1.82) is 5.26 Å². The lowest BCUT2D eigenvalue weighted by molar-refractivity contribution is -0.132. The Balaban J connectivity index is 2.46. The molecule has 1 aliphatic rings. The minimum absolute atomic E-state index is 0.0321. The Hall–Kier alpha value is -2.28. The molecule has 1 aromatic rings. The van der Waals surface area contributed by atoms with Gasteiger partial charge in [-0.2, -0.15) is 5.26 Å². The summed E-state index contributed by atoms with van der Waals surface area (Å²) in [6, 6.07) is 5.07. The van der Waals surface area contributed by atoms with E-state index < -0.39 is 5.97 Å². The van der Waals surface area contributed by atoms with Gasteiger partial charge in [0.15, 0.2) is 0 Å². The lowest BCUT2D eigenvalue weighted by atomic mass is 9.89. The van der Waals surface area contributed by atoms with Crippen LogP contribution in [0.25, 0.3) is 6.08 Å². The molecule has 0 bridgehead atoms. The van der Waals surface area contributed by atoms with Crippen molar-refractivity contribution in [2.75, 3.05) is 0 Å². The molecule has 0 unspecified atom stereocenters. The number of carboxylic acid groups (broad SMARTS) is 1. The van der Waals surface area contributed by atoms with Crippen molar-refractivity contribution in [3.63, 3.8) is 0 Å². The van der Waals surface area contributed by atoms with Gasteiger partial charge in [-0.15, -0.1) is 0 Å². The van der Waals surface area contributed by atoms with Crippen LogP contribution in [0.4, 0.5) is 0 Å². The van der Waals surface area contributed by atoms with E-state index in [0.29, 0.717) is 5.56 Å². The van der Waals surface area contributed by atoms with Crippen molar-refractivity contribution in [2.45, 2.75) is 25.7 Å². The summed E-state index contributed by atoms with van der Waals surface area (Å²) >= 11 is 0. The molecule has 0 amide bonds. The van der Waals surface area contributed by atoms with E-state index in [1.165, 1.54) is 6.08 Å². The summed E-state index contributed by atoms with van der Waals surface area (Å²) in [5.74, 6) is -1.25. The topological polar surface area (TPSA) is 81.3 Å². The van der Waals surface area contributed by atoms with Crippen LogP contribution in [0, 0.1) is 11.3 Å². The maximum absolute atomic E-state index is 10.8. The molecule has 0 aromatic heterocycles. The molecule has 4 heteroatoms. The number of nitriles is 1. The van der Waals surface area contributed by atoms with E-state index in [2.05, 4.69) is 0 Å². The van der Waals surface area contributed by atoms with E-state index in [-0.39, 0.29) is 11.3 Å². The highest BCUT2D eigenvalue weighted by molar-refractivity contribution is 5.96. The van der Waals surface area contributed by atoms with Gasteiger partial charge in [0, 0.05) is 5.56 Å². The number of fused-ring (bicyclic) bond motifs is 1. The van der Waals surface area contributed by atoms with Crippen LogP contribution in [-0.2, 0) is 17.6 Å². The van der Waals surface area contributed by atoms with Crippen LogP contribution in [-0.4, -0.2) is 16.2 Å². The van der Waals surface area contributed by atoms with E-state index in [9.17, 15) is 9.90 Å². The molecule has 92 valence electrons. The van der Waals surface area contributed by atoms with Crippen LogP contribution in [0.3, 0.4) is 0 Å². The highest BCUT2D eigenvalue weighted by atomic mass is 16.4. The van der Waals surface area contributed by atoms with Gasteiger partial charge in [0.05, 0.1) is 0 Å². The molecular formula is C14H13NO3. The first kappa shape index (κ1) is 12.2. The van der Waals surface area contributed by atoms with Gasteiger partial charge in [-0.25, -0.2) is 4.79 Å². The molecule has 2 N–H and O–H groups in total. The lowest BCUT2D eigenvalue weighted by Crippen LogP contribution is -2.03. The highest BCUT2D eigenvalue weighted by Gasteiger charge is 2.14. The second-order valence-corrected chi connectivity index (χ2v) is 4.36. The van der Waals surface area contributed by atoms with Crippen LogP contribution in [0.5, 0.6) is 5.75 Å². The molecule has 0 fully saturated rings. The number of carbonyl (C=O) groups is 1. The number of nitrogens with zero attached hydrogens (tertiary/aromatic N) is 1. The van der Waals surface area contributed by atoms with Crippen molar-refractivity contribution in [2.24, 2.45) is 0 Å². The van der Waals surface area contributed by atoms with Crippen molar-refractivity contribution < 1.29 is 15.0 Å². The van der Waals surface area contributed by atoms with Gasteiger partial charge in [0.1, 0.15) is 17.4 Å². The second-order valence-electron chi connectivity index (χ2n) is 4.36. The lowest BCUT2D eigenvalue weighted by Gasteiger charge is -2.16. The molecule has 18 heavy (non-hydrogen) atoms. The molecule has 1 aromatic carbocycles. The zero-order chi connectivity index (χ0) is 13.1. The number of aryl methyl sites for hydroxylation is 2. The van der Waals surface area contributed by atoms with Gasteiger partial charge in [0.2, 0.25) is 0 Å². The van der Waals surface area contributed by atoms with Crippen molar-refractivity contribution in [3.05, 3.63) is 34.4 Å². The highest BCUT2D eigenvalue weighted by Crippen LogP contribution is 2.29. The third kappa shape index (κ3) is 2.35. The van der Waals surface area contributed by atoms with Crippen LogP contribution < -0.4 is 0 Å². The fourth-order valence-corrected chi connectivity index (χ4v) is 2.20. The first-order valence-electron chi connectivity index (χ1n) is 5.81. The van der Waals surface area contributed by atoms with Crippen LogP contribution in [0.2, 0.25) is 0 Å². The minimum Gasteiger partial charge on any atom is -0.507 e. The van der Waals surface area contributed by atoms with Crippen molar-refractivity contribution in [3.8, 4) is 11.8 Å². The largest absolute Gasteiger partial charge is 0.507 e. The molecule has 0 aliphatic heterocycles. The molecule has 0 heterocycles. The molecule has 0 spiro atoms. The van der Waals surface area contributed by atoms with Gasteiger partial charge in [-0.05, 0) is 55.0 Å². The zero-order valence-electron chi connectivity index (χ0n) is 9.81. The smallest absolute Gasteiger partial charge is 0.346 e. The quantitative estimate of drug-likeness (QED) is 0.616. The van der Waals surface area contributed by atoms with E-state index in [4.69, 9.17) is 10.4 Å². The molecule has 2 rings (SSSR count). The molecule has 4 nitrogen and oxygen atoms in total. The van der Waals surface area contributed by atoms with Crippen LogP contribution in [0.1, 0.15) is 29.5 Å². The number of hydrogen-bond acceptors (Lipinski definition) is 3. The normalized spacial score (nSPS) is 14.7. The predicted molar refractivity (Wildman–Crippen MR) is 66.0 cm³/mol. The molecule has 0 saturated carbocycles. The van der Waals surface area contributed by atoms with Crippen molar-refractivity contribution in [1.82, 2.24) is 0 Å². The van der Waals surface area contributed by atoms with Gasteiger partial charge in [0.25, 0.3) is 0 Å². The first-order chi connectivity index (χ1) is 8.61. The minimum atomic E-state index is -1.28. The molecular weight excluding hydrogens is 230 g/mol. The van der Waals surface area contributed by atoms with Gasteiger partial charge in [-0.1, -0.05) is 0 Å². The summed E-state index contributed by atoms with van der Waals surface area (Å²) in [6.45, 7) is 0. The van der Waals surface area contributed by atoms with Crippen LogP contribution >= 0.6 is 0 Å². The SMILES string of the molecule is N#C/C(=C/c1cc2c(cc1O)CCCC2)C(=O)O. The Morgan fingerprint density at radius 3 is 2.44 bits per heavy atom. The summed E-state index contributed by atoms with van der Waals surface area (Å²) in [4.78, 5) is 10.8. The second kappa shape index (κ2) is 4.92. The molecule has 0 atom stereocenters. The Labute approximate surface area is 105 Å². The van der Waals surface area contributed by atoms with Crippen LogP contribution in [0.15, 0.2) is 17.7 Å². The maximum Gasteiger partial charge on any atom is 0.346 e. The predicted octanol–water partition coefficient (Wildman–Crippen LogP) is 2.26. The van der Waals surface area contributed by atoms with E-state index >= 15 is 0 Å². The monoisotopic (exact) mass is 243 g/mol. The number of aromatic hydroxyl groups is 1. The Morgan fingerprint density at radius 2 is 1.89 bits per heavy atom. The van der Waals surface area contributed by atoms with E-state index in [1.54, 1.807) is 18.2 Å². The van der Waals surface area contributed by atoms with E-state index in [1.807, 2.05) is 0 Å². The summed E-state index contributed by atoms with van der Waals surface area (Å²) < 4.78 is 0. The third-order valence-electron chi connectivity index (χ3n) is 3.14. The number of phenols is 1. The summed E-state index contributed by atoms with van der Waals surface area (Å²) in [5.41, 5.74) is 2.27. The number of rotatable bonds is 2. The van der Waals surface area contributed by atoms with Crippen molar-refractivity contribution >= 4 is 12.0 Å². The number of benzene rings is 1. The molecule has 1 aliphatic carbocycles.